The van der Waals surface area contributed by atoms with Gasteiger partial charge in [0.25, 0.3) is 0 Å². The molecular weight excluding hydrogens is 224 g/mol. The highest BCUT2D eigenvalue weighted by atomic mass is 16.5. The van der Waals surface area contributed by atoms with Crippen LogP contribution in [0.5, 0.6) is 5.75 Å². The molecule has 1 aromatic carbocycles. The van der Waals surface area contributed by atoms with E-state index in [1.54, 1.807) is 0 Å². The van der Waals surface area contributed by atoms with Crippen molar-refractivity contribution in [2.75, 3.05) is 32.0 Å². The molecule has 1 fully saturated rings. The minimum absolute atomic E-state index is 0.752. The van der Waals surface area contributed by atoms with Crippen molar-refractivity contribution in [1.82, 2.24) is 4.90 Å². The molecule has 2 rings (SSSR count). The van der Waals surface area contributed by atoms with E-state index in [9.17, 15) is 0 Å². The standard InChI is InChI=1S/C15H24N2O/c1-2-4-13-7-8-17(12-13)9-10-18-15-6-3-5-14(16)11-15/h3,5-6,11,13H,2,4,7-10,12,16H2,1H3. The van der Waals surface area contributed by atoms with Crippen LogP contribution in [-0.4, -0.2) is 31.1 Å². The van der Waals surface area contributed by atoms with E-state index in [1.165, 1.54) is 32.4 Å². The Hall–Kier alpha value is -1.22. The van der Waals surface area contributed by atoms with Gasteiger partial charge in [0.2, 0.25) is 0 Å². The molecule has 0 spiro atoms. The fourth-order valence-electron chi connectivity index (χ4n) is 2.66. The Bertz CT molecular complexity index is 367. The molecule has 0 amide bonds. The SMILES string of the molecule is CCCC1CCN(CCOc2cccc(N)c2)C1. The van der Waals surface area contributed by atoms with Crippen LogP contribution in [0.4, 0.5) is 5.69 Å². The lowest BCUT2D eigenvalue weighted by molar-refractivity contribution is 0.232. The molecule has 1 aliphatic rings. The first kappa shape index (κ1) is 13.2. The van der Waals surface area contributed by atoms with E-state index in [0.29, 0.717) is 0 Å². The molecular formula is C15H24N2O. The van der Waals surface area contributed by atoms with Gasteiger partial charge < -0.3 is 10.5 Å². The molecule has 1 saturated heterocycles. The normalized spacial score (nSPS) is 20.2. The lowest BCUT2D eigenvalue weighted by atomic mass is 10.0. The van der Waals surface area contributed by atoms with Gasteiger partial charge in [-0.1, -0.05) is 19.4 Å². The lowest BCUT2D eigenvalue weighted by Gasteiger charge is -2.16. The highest BCUT2D eigenvalue weighted by molar-refractivity contribution is 5.43. The maximum atomic E-state index is 5.72. The molecule has 18 heavy (non-hydrogen) atoms. The van der Waals surface area contributed by atoms with Crippen molar-refractivity contribution in [3.8, 4) is 5.75 Å². The van der Waals surface area contributed by atoms with Crippen molar-refractivity contribution in [2.45, 2.75) is 26.2 Å². The Kier molecular flexibility index (Phi) is 4.88. The van der Waals surface area contributed by atoms with Crippen molar-refractivity contribution < 1.29 is 4.74 Å². The largest absolute Gasteiger partial charge is 0.492 e. The van der Waals surface area contributed by atoms with Crippen LogP contribution in [0, 0.1) is 5.92 Å². The zero-order chi connectivity index (χ0) is 12.8. The Morgan fingerprint density at radius 1 is 1.44 bits per heavy atom. The van der Waals surface area contributed by atoms with Crippen molar-refractivity contribution in [3.63, 3.8) is 0 Å². The smallest absolute Gasteiger partial charge is 0.121 e. The molecule has 1 heterocycles. The molecule has 0 saturated carbocycles. The summed E-state index contributed by atoms with van der Waals surface area (Å²) in [4.78, 5) is 2.51. The summed E-state index contributed by atoms with van der Waals surface area (Å²) < 4.78 is 5.72. The Morgan fingerprint density at radius 2 is 2.33 bits per heavy atom. The maximum Gasteiger partial charge on any atom is 0.121 e. The molecule has 1 aliphatic heterocycles. The topological polar surface area (TPSA) is 38.5 Å². The molecule has 2 N–H and O–H groups in total. The van der Waals surface area contributed by atoms with Gasteiger partial charge >= 0.3 is 0 Å². The molecule has 3 heteroatoms. The van der Waals surface area contributed by atoms with Gasteiger partial charge in [0.1, 0.15) is 12.4 Å². The van der Waals surface area contributed by atoms with E-state index >= 15 is 0 Å². The first-order valence-corrected chi connectivity index (χ1v) is 6.98. The van der Waals surface area contributed by atoms with Crippen LogP contribution in [0.25, 0.3) is 0 Å². The van der Waals surface area contributed by atoms with E-state index in [1.807, 2.05) is 24.3 Å². The van der Waals surface area contributed by atoms with Gasteiger partial charge in [0.15, 0.2) is 0 Å². The van der Waals surface area contributed by atoms with E-state index < -0.39 is 0 Å². The van der Waals surface area contributed by atoms with Gasteiger partial charge in [-0.15, -0.1) is 0 Å². The summed E-state index contributed by atoms with van der Waals surface area (Å²) >= 11 is 0. The maximum absolute atomic E-state index is 5.72. The third-order valence-corrected chi connectivity index (χ3v) is 3.60. The molecule has 0 bridgehead atoms. The number of rotatable bonds is 6. The number of nitrogen functional groups attached to an aromatic ring is 1. The average Bonchev–Trinajstić information content (AvgIpc) is 2.78. The number of nitrogens with two attached hydrogens (primary N) is 1. The highest BCUT2D eigenvalue weighted by Gasteiger charge is 2.20. The molecule has 1 aromatic rings. The summed E-state index contributed by atoms with van der Waals surface area (Å²) in [5.74, 6) is 1.78. The second-order valence-electron chi connectivity index (χ2n) is 5.16. The Balaban J connectivity index is 1.67. The number of hydrogen-bond acceptors (Lipinski definition) is 3. The minimum atomic E-state index is 0.752. The fraction of sp³-hybridized carbons (Fsp3) is 0.600. The van der Waals surface area contributed by atoms with Crippen LogP contribution in [-0.2, 0) is 0 Å². The summed E-state index contributed by atoms with van der Waals surface area (Å²) in [5.41, 5.74) is 6.47. The van der Waals surface area contributed by atoms with Crippen LogP contribution in [0.3, 0.4) is 0 Å². The number of likely N-dealkylation sites (tertiary alicyclic amines) is 1. The van der Waals surface area contributed by atoms with Crippen molar-refractivity contribution in [1.29, 1.82) is 0 Å². The summed E-state index contributed by atoms with van der Waals surface area (Å²) in [5, 5.41) is 0. The number of anilines is 1. The predicted molar refractivity (Wildman–Crippen MR) is 75.8 cm³/mol. The van der Waals surface area contributed by atoms with E-state index in [-0.39, 0.29) is 0 Å². The molecule has 0 aliphatic carbocycles. The second-order valence-corrected chi connectivity index (χ2v) is 5.16. The molecule has 0 aromatic heterocycles. The van der Waals surface area contributed by atoms with Gasteiger partial charge in [-0.25, -0.2) is 0 Å². The summed E-state index contributed by atoms with van der Waals surface area (Å²) in [6, 6.07) is 7.64. The predicted octanol–water partition coefficient (Wildman–Crippen LogP) is 2.77. The van der Waals surface area contributed by atoms with Crippen molar-refractivity contribution >= 4 is 5.69 Å². The quantitative estimate of drug-likeness (QED) is 0.787. The Morgan fingerprint density at radius 3 is 3.11 bits per heavy atom. The molecule has 1 unspecified atom stereocenters. The second kappa shape index (κ2) is 6.64. The van der Waals surface area contributed by atoms with E-state index in [0.717, 1.165) is 30.5 Å². The third-order valence-electron chi connectivity index (χ3n) is 3.60. The Labute approximate surface area is 110 Å². The number of benzene rings is 1. The average molecular weight is 248 g/mol. The monoisotopic (exact) mass is 248 g/mol. The van der Waals surface area contributed by atoms with Gasteiger partial charge in [0.05, 0.1) is 0 Å². The third kappa shape index (κ3) is 3.91. The highest BCUT2D eigenvalue weighted by Crippen LogP contribution is 2.20. The van der Waals surface area contributed by atoms with Gasteiger partial charge in [-0.05, 0) is 37.4 Å². The van der Waals surface area contributed by atoms with E-state index in [4.69, 9.17) is 10.5 Å². The summed E-state index contributed by atoms with van der Waals surface area (Å²) in [6.07, 6.45) is 4.02. The first-order valence-electron chi connectivity index (χ1n) is 6.98. The van der Waals surface area contributed by atoms with Crippen LogP contribution in [0.2, 0.25) is 0 Å². The van der Waals surface area contributed by atoms with Gasteiger partial charge in [-0.2, -0.15) is 0 Å². The molecule has 3 nitrogen and oxygen atoms in total. The van der Waals surface area contributed by atoms with Crippen molar-refractivity contribution in [3.05, 3.63) is 24.3 Å². The first-order chi connectivity index (χ1) is 8.78. The zero-order valence-corrected chi connectivity index (χ0v) is 11.3. The lowest BCUT2D eigenvalue weighted by Crippen LogP contribution is -2.26. The number of nitrogens with zero attached hydrogens (tertiary/aromatic N) is 1. The van der Waals surface area contributed by atoms with Crippen LogP contribution in [0.15, 0.2) is 24.3 Å². The zero-order valence-electron chi connectivity index (χ0n) is 11.3. The van der Waals surface area contributed by atoms with Crippen LogP contribution < -0.4 is 10.5 Å². The fourth-order valence-corrected chi connectivity index (χ4v) is 2.66. The molecule has 100 valence electrons. The van der Waals surface area contributed by atoms with Crippen LogP contribution >= 0.6 is 0 Å². The number of ether oxygens (including phenoxy) is 1. The van der Waals surface area contributed by atoms with E-state index in [2.05, 4.69) is 11.8 Å². The van der Waals surface area contributed by atoms with Gasteiger partial charge in [0, 0.05) is 24.8 Å². The number of hydrogen-bond donors (Lipinski definition) is 1. The molecule has 0 radical (unpaired) electrons. The summed E-state index contributed by atoms with van der Waals surface area (Å²) in [7, 11) is 0. The molecule has 1 atom stereocenters. The van der Waals surface area contributed by atoms with Crippen molar-refractivity contribution in [2.24, 2.45) is 5.92 Å². The van der Waals surface area contributed by atoms with Gasteiger partial charge in [-0.3, -0.25) is 4.90 Å². The summed E-state index contributed by atoms with van der Waals surface area (Å²) in [6.45, 7) is 6.52. The van der Waals surface area contributed by atoms with Crippen LogP contribution in [0.1, 0.15) is 26.2 Å². The minimum Gasteiger partial charge on any atom is -0.492 e.